The van der Waals surface area contributed by atoms with E-state index in [9.17, 15) is 0 Å². The molecule has 1 saturated heterocycles. The van der Waals surface area contributed by atoms with Crippen LogP contribution in [0.4, 0.5) is 0 Å². The molecule has 0 spiro atoms. The molecule has 2 aromatic rings. The third-order valence-electron chi connectivity index (χ3n) is 3.37. The van der Waals surface area contributed by atoms with Crippen LogP contribution in [0.25, 0.3) is 0 Å². The van der Waals surface area contributed by atoms with Gasteiger partial charge in [-0.1, -0.05) is 29.8 Å². The van der Waals surface area contributed by atoms with Crippen molar-refractivity contribution in [1.82, 2.24) is 9.78 Å². The van der Waals surface area contributed by atoms with Gasteiger partial charge in [-0.15, -0.1) is 0 Å². The second-order valence-electron chi connectivity index (χ2n) is 4.89. The SMILES string of the molecule is Clc1c(Oc2ccccc2)cnn1CC1CCCCO1. The summed E-state index contributed by atoms with van der Waals surface area (Å²) in [4.78, 5) is 0. The standard InChI is InChI=1S/C15H17ClN2O2/c16-15-14(20-12-6-2-1-3-7-12)10-17-18(15)11-13-8-4-5-9-19-13/h1-3,6-7,10,13H,4-5,8-9,11H2. The van der Waals surface area contributed by atoms with Crippen LogP contribution in [0, 0.1) is 0 Å². The van der Waals surface area contributed by atoms with Gasteiger partial charge in [-0.2, -0.15) is 5.10 Å². The lowest BCUT2D eigenvalue weighted by Crippen LogP contribution is -2.24. The van der Waals surface area contributed by atoms with Gasteiger partial charge in [0.1, 0.15) is 5.75 Å². The molecule has 106 valence electrons. The molecule has 20 heavy (non-hydrogen) atoms. The van der Waals surface area contributed by atoms with Crippen LogP contribution in [0.5, 0.6) is 11.5 Å². The molecular formula is C15H17ClN2O2. The third-order valence-corrected chi connectivity index (χ3v) is 3.75. The maximum Gasteiger partial charge on any atom is 0.184 e. The summed E-state index contributed by atoms with van der Waals surface area (Å²) in [7, 11) is 0. The highest BCUT2D eigenvalue weighted by atomic mass is 35.5. The minimum absolute atomic E-state index is 0.200. The normalized spacial score (nSPS) is 18.9. The van der Waals surface area contributed by atoms with Crippen LogP contribution >= 0.6 is 11.6 Å². The predicted octanol–water partition coefficient (Wildman–Crippen LogP) is 3.90. The van der Waals surface area contributed by atoms with Gasteiger partial charge in [-0.3, -0.25) is 0 Å². The Hall–Kier alpha value is -1.52. The second-order valence-corrected chi connectivity index (χ2v) is 5.24. The van der Waals surface area contributed by atoms with E-state index in [0.29, 0.717) is 17.4 Å². The molecule has 1 unspecified atom stereocenters. The Labute approximate surface area is 123 Å². The average Bonchev–Trinajstić information content (AvgIpc) is 2.83. The monoisotopic (exact) mass is 292 g/mol. The van der Waals surface area contributed by atoms with Crippen molar-refractivity contribution in [1.29, 1.82) is 0 Å². The third kappa shape index (κ3) is 3.14. The zero-order chi connectivity index (χ0) is 13.8. The smallest absolute Gasteiger partial charge is 0.184 e. The van der Waals surface area contributed by atoms with Crippen LogP contribution in [0.3, 0.4) is 0 Å². The molecule has 3 rings (SSSR count). The molecule has 4 nitrogen and oxygen atoms in total. The minimum Gasteiger partial charge on any atom is -0.452 e. The summed E-state index contributed by atoms with van der Waals surface area (Å²) in [6.07, 6.45) is 5.26. The number of halogens is 1. The maximum atomic E-state index is 6.31. The zero-order valence-electron chi connectivity index (χ0n) is 11.2. The molecular weight excluding hydrogens is 276 g/mol. The van der Waals surface area contributed by atoms with E-state index in [0.717, 1.165) is 25.2 Å². The number of benzene rings is 1. The van der Waals surface area contributed by atoms with E-state index in [2.05, 4.69) is 5.10 Å². The number of ether oxygens (including phenoxy) is 2. The van der Waals surface area contributed by atoms with Gasteiger partial charge in [0.05, 0.1) is 18.8 Å². The fraction of sp³-hybridized carbons (Fsp3) is 0.400. The first-order chi connectivity index (χ1) is 9.83. The molecule has 5 heteroatoms. The summed E-state index contributed by atoms with van der Waals surface area (Å²) >= 11 is 6.31. The van der Waals surface area contributed by atoms with E-state index in [-0.39, 0.29) is 6.10 Å². The van der Waals surface area contributed by atoms with Crippen molar-refractivity contribution < 1.29 is 9.47 Å². The van der Waals surface area contributed by atoms with E-state index in [4.69, 9.17) is 21.1 Å². The van der Waals surface area contributed by atoms with E-state index in [1.807, 2.05) is 30.3 Å². The number of nitrogens with zero attached hydrogens (tertiary/aromatic N) is 2. The van der Waals surface area contributed by atoms with Gasteiger partial charge in [-0.25, -0.2) is 4.68 Å². The topological polar surface area (TPSA) is 36.3 Å². The average molecular weight is 293 g/mol. The van der Waals surface area contributed by atoms with Crippen molar-refractivity contribution in [2.24, 2.45) is 0 Å². The maximum absolute atomic E-state index is 6.31. The van der Waals surface area contributed by atoms with Gasteiger partial charge < -0.3 is 9.47 Å². The van der Waals surface area contributed by atoms with Gasteiger partial charge in [0, 0.05) is 6.61 Å². The van der Waals surface area contributed by atoms with Gasteiger partial charge >= 0.3 is 0 Å². The molecule has 1 aliphatic rings. The fourth-order valence-corrected chi connectivity index (χ4v) is 2.51. The molecule has 2 heterocycles. The Kier molecular flexibility index (Phi) is 4.23. The summed E-state index contributed by atoms with van der Waals surface area (Å²) < 4.78 is 13.2. The van der Waals surface area contributed by atoms with Crippen LogP contribution in [0.1, 0.15) is 19.3 Å². The van der Waals surface area contributed by atoms with Gasteiger partial charge in [0.2, 0.25) is 0 Å². The van der Waals surface area contributed by atoms with Crippen LogP contribution in [-0.2, 0) is 11.3 Å². The molecule has 0 amide bonds. The van der Waals surface area contributed by atoms with Crippen molar-refractivity contribution in [3.8, 4) is 11.5 Å². The van der Waals surface area contributed by atoms with Crippen molar-refractivity contribution >= 4 is 11.6 Å². The van der Waals surface area contributed by atoms with Gasteiger partial charge in [-0.05, 0) is 31.4 Å². The van der Waals surface area contributed by atoms with Crippen LogP contribution in [-0.4, -0.2) is 22.5 Å². The summed E-state index contributed by atoms with van der Waals surface area (Å²) in [6, 6.07) is 9.56. The van der Waals surface area contributed by atoms with Crippen molar-refractivity contribution in [2.45, 2.75) is 31.9 Å². The number of rotatable bonds is 4. The molecule has 1 aromatic heterocycles. The Bertz CT molecular complexity index is 550. The van der Waals surface area contributed by atoms with Crippen LogP contribution in [0.2, 0.25) is 5.15 Å². The lowest BCUT2D eigenvalue weighted by atomic mass is 10.1. The second kappa shape index (κ2) is 6.29. The lowest BCUT2D eigenvalue weighted by molar-refractivity contribution is 0.00402. The Morgan fingerprint density at radius 2 is 2.15 bits per heavy atom. The largest absolute Gasteiger partial charge is 0.452 e. The van der Waals surface area contributed by atoms with E-state index in [1.165, 1.54) is 6.42 Å². The molecule has 1 fully saturated rings. The number of aromatic nitrogens is 2. The molecule has 1 atom stereocenters. The molecule has 0 radical (unpaired) electrons. The van der Waals surface area contributed by atoms with Gasteiger partial charge in [0.25, 0.3) is 0 Å². The molecule has 0 saturated carbocycles. The van der Waals surface area contributed by atoms with Gasteiger partial charge in [0.15, 0.2) is 10.9 Å². The quantitative estimate of drug-likeness (QED) is 0.857. The van der Waals surface area contributed by atoms with E-state index < -0.39 is 0 Å². The van der Waals surface area contributed by atoms with Crippen molar-refractivity contribution in [3.05, 3.63) is 41.7 Å². The van der Waals surface area contributed by atoms with Crippen molar-refractivity contribution in [2.75, 3.05) is 6.61 Å². The first-order valence-corrected chi connectivity index (χ1v) is 7.26. The van der Waals surface area contributed by atoms with E-state index in [1.54, 1.807) is 10.9 Å². The predicted molar refractivity (Wildman–Crippen MR) is 77.3 cm³/mol. The number of para-hydroxylation sites is 1. The molecule has 0 N–H and O–H groups in total. The first kappa shape index (κ1) is 13.5. The van der Waals surface area contributed by atoms with Crippen molar-refractivity contribution in [3.63, 3.8) is 0 Å². The minimum atomic E-state index is 0.200. The Morgan fingerprint density at radius 3 is 2.90 bits per heavy atom. The summed E-state index contributed by atoms with van der Waals surface area (Å²) in [5.74, 6) is 1.33. The summed E-state index contributed by atoms with van der Waals surface area (Å²) in [6.45, 7) is 1.51. The highest BCUT2D eigenvalue weighted by Gasteiger charge is 2.18. The van der Waals surface area contributed by atoms with E-state index >= 15 is 0 Å². The fourth-order valence-electron chi connectivity index (χ4n) is 2.31. The van der Waals surface area contributed by atoms with Crippen LogP contribution < -0.4 is 4.74 Å². The highest BCUT2D eigenvalue weighted by molar-refractivity contribution is 6.31. The zero-order valence-corrected chi connectivity index (χ0v) is 11.9. The van der Waals surface area contributed by atoms with Crippen LogP contribution in [0.15, 0.2) is 36.5 Å². The molecule has 0 aliphatic carbocycles. The highest BCUT2D eigenvalue weighted by Crippen LogP contribution is 2.29. The molecule has 0 bridgehead atoms. The first-order valence-electron chi connectivity index (χ1n) is 6.89. The summed E-state index contributed by atoms with van der Waals surface area (Å²) in [5.41, 5.74) is 0. The molecule has 1 aliphatic heterocycles. The Morgan fingerprint density at radius 1 is 1.30 bits per heavy atom. The Balaban J connectivity index is 1.68. The number of hydrogen-bond acceptors (Lipinski definition) is 3. The molecule has 1 aromatic carbocycles. The number of hydrogen-bond donors (Lipinski definition) is 0. The summed E-state index contributed by atoms with van der Waals surface area (Å²) in [5, 5.41) is 4.80. The lowest BCUT2D eigenvalue weighted by Gasteiger charge is -2.22.